The predicted molar refractivity (Wildman–Crippen MR) is 96.0 cm³/mol. The lowest BCUT2D eigenvalue weighted by atomic mass is 10.2. The molecule has 1 aliphatic heterocycles. The van der Waals surface area contributed by atoms with E-state index in [0.717, 1.165) is 0 Å². The van der Waals surface area contributed by atoms with Crippen molar-refractivity contribution in [3.05, 3.63) is 53.5 Å². The third-order valence-corrected chi connectivity index (χ3v) is 5.93. The van der Waals surface area contributed by atoms with Crippen LogP contribution in [0.2, 0.25) is 0 Å². The van der Waals surface area contributed by atoms with E-state index in [1.807, 2.05) is 0 Å². The number of ether oxygens (including phenoxy) is 2. The van der Waals surface area contributed by atoms with E-state index in [-0.39, 0.29) is 35.9 Å². The van der Waals surface area contributed by atoms with Crippen LogP contribution in [0.1, 0.15) is 39.8 Å². The van der Waals surface area contributed by atoms with Gasteiger partial charge in [0.15, 0.2) is 12.4 Å². The first kappa shape index (κ1) is 19.0. The molecule has 27 heavy (non-hydrogen) atoms. The highest BCUT2D eigenvalue weighted by Crippen LogP contribution is 2.24. The molecule has 1 aromatic carbocycles. The van der Waals surface area contributed by atoms with E-state index in [9.17, 15) is 18.0 Å². The monoisotopic (exact) mass is 393 g/mol. The zero-order valence-corrected chi connectivity index (χ0v) is 15.5. The number of benzene rings is 1. The Balaban J connectivity index is 1.64. The van der Waals surface area contributed by atoms with Gasteiger partial charge in [-0.3, -0.25) is 4.31 Å². The smallest absolute Gasteiger partial charge is 0.341 e. The molecule has 0 radical (unpaired) electrons. The van der Waals surface area contributed by atoms with E-state index in [0.29, 0.717) is 18.7 Å². The normalized spacial score (nSPS) is 15.5. The molecule has 2 aromatic rings. The standard InChI is InChI=1S/C18H19NO7S/c1-2-24-18(21)15-8-10-25-16(15)12-26-17(20)13-4-6-14(7-5-13)19-9-3-11-27(19,22)23/h4-8,10H,2-3,9,11-12H2,1H3. The summed E-state index contributed by atoms with van der Waals surface area (Å²) in [5.41, 5.74) is 0.985. The molecule has 0 saturated carbocycles. The van der Waals surface area contributed by atoms with Gasteiger partial charge in [-0.15, -0.1) is 0 Å². The number of esters is 2. The van der Waals surface area contributed by atoms with E-state index in [1.165, 1.54) is 28.8 Å². The Kier molecular flexibility index (Phi) is 5.50. The first-order chi connectivity index (χ1) is 12.9. The van der Waals surface area contributed by atoms with Crippen molar-refractivity contribution in [1.29, 1.82) is 0 Å². The summed E-state index contributed by atoms with van der Waals surface area (Å²) < 4.78 is 40.5. The van der Waals surface area contributed by atoms with E-state index in [4.69, 9.17) is 13.9 Å². The molecule has 144 valence electrons. The Bertz CT molecular complexity index is 931. The fourth-order valence-corrected chi connectivity index (χ4v) is 4.32. The van der Waals surface area contributed by atoms with Crippen LogP contribution in [0, 0.1) is 0 Å². The summed E-state index contributed by atoms with van der Waals surface area (Å²) in [6.07, 6.45) is 1.90. The number of carbonyl (C=O) groups is 2. The number of furan rings is 1. The molecule has 1 aliphatic rings. The molecule has 0 spiro atoms. The molecule has 0 aliphatic carbocycles. The van der Waals surface area contributed by atoms with Gasteiger partial charge in [-0.1, -0.05) is 0 Å². The largest absolute Gasteiger partial charge is 0.465 e. The second-order valence-electron chi connectivity index (χ2n) is 5.84. The van der Waals surface area contributed by atoms with Gasteiger partial charge in [0, 0.05) is 6.54 Å². The summed E-state index contributed by atoms with van der Waals surface area (Å²) in [7, 11) is -3.27. The zero-order valence-electron chi connectivity index (χ0n) is 14.7. The fraction of sp³-hybridized carbons (Fsp3) is 0.333. The van der Waals surface area contributed by atoms with Crippen LogP contribution < -0.4 is 4.31 Å². The number of hydrogen-bond donors (Lipinski definition) is 0. The Morgan fingerprint density at radius 2 is 1.85 bits per heavy atom. The highest BCUT2D eigenvalue weighted by molar-refractivity contribution is 7.93. The van der Waals surface area contributed by atoms with Crippen LogP contribution in [0.4, 0.5) is 5.69 Å². The summed E-state index contributed by atoms with van der Waals surface area (Å²) in [5, 5.41) is 0. The summed E-state index contributed by atoms with van der Waals surface area (Å²) >= 11 is 0. The van der Waals surface area contributed by atoms with Crippen LogP contribution in [0.15, 0.2) is 41.0 Å². The van der Waals surface area contributed by atoms with Gasteiger partial charge in [0.25, 0.3) is 0 Å². The van der Waals surface area contributed by atoms with Crippen molar-refractivity contribution in [3.8, 4) is 0 Å². The molecule has 2 heterocycles. The van der Waals surface area contributed by atoms with Crippen molar-refractivity contribution >= 4 is 27.6 Å². The van der Waals surface area contributed by atoms with E-state index in [2.05, 4.69) is 0 Å². The number of anilines is 1. The summed E-state index contributed by atoms with van der Waals surface area (Å²) in [6, 6.07) is 7.58. The molecule has 3 rings (SSSR count). The minimum Gasteiger partial charge on any atom is -0.465 e. The molecule has 0 unspecified atom stereocenters. The molecule has 9 heteroatoms. The molecule has 8 nitrogen and oxygen atoms in total. The van der Waals surface area contributed by atoms with Crippen LogP contribution in [0.5, 0.6) is 0 Å². The molecule has 0 bridgehead atoms. The molecule has 0 amide bonds. The fourth-order valence-electron chi connectivity index (χ4n) is 2.75. The van der Waals surface area contributed by atoms with Gasteiger partial charge in [-0.05, 0) is 43.7 Å². The highest BCUT2D eigenvalue weighted by atomic mass is 32.2. The highest BCUT2D eigenvalue weighted by Gasteiger charge is 2.28. The lowest BCUT2D eigenvalue weighted by Crippen LogP contribution is -2.25. The summed E-state index contributed by atoms with van der Waals surface area (Å²) in [5.74, 6) is -0.838. The summed E-state index contributed by atoms with van der Waals surface area (Å²) in [4.78, 5) is 24.0. The second-order valence-corrected chi connectivity index (χ2v) is 7.86. The SMILES string of the molecule is CCOC(=O)c1ccoc1COC(=O)c1ccc(N2CCCS2(=O)=O)cc1. The molecule has 1 aromatic heterocycles. The van der Waals surface area contributed by atoms with E-state index < -0.39 is 22.0 Å². The lowest BCUT2D eigenvalue weighted by Gasteiger charge is -2.16. The zero-order chi connectivity index (χ0) is 19.4. The minimum absolute atomic E-state index is 0.128. The van der Waals surface area contributed by atoms with Gasteiger partial charge in [0.05, 0.1) is 29.9 Å². The Labute approximate surface area is 156 Å². The van der Waals surface area contributed by atoms with Gasteiger partial charge in [0.2, 0.25) is 10.0 Å². The molecule has 1 saturated heterocycles. The average Bonchev–Trinajstić information content (AvgIpc) is 3.26. The van der Waals surface area contributed by atoms with Crippen molar-refractivity contribution in [2.45, 2.75) is 20.0 Å². The number of sulfonamides is 1. The van der Waals surface area contributed by atoms with E-state index in [1.54, 1.807) is 19.1 Å². The second kappa shape index (κ2) is 7.83. The van der Waals surface area contributed by atoms with Crippen LogP contribution in [0.25, 0.3) is 0 Å². The molecular formula is C18H19NO7S. The van der Waals surface area contributed by atoms with E-state index >= 15 is 0 Å². The average molecular weight is 393 g/mol. The predicted octanol–water partition coefficient (Wildman–Crippen LogP) is 2.35. The molecular weight excluding hydrogens is 374 g/mol. The number of carbonyl (C=O) groups excluding carboxylic acids is 2. The molecule has 0 atom stereocenters. The van der Waals surface area contributed by atoms with Crippen LogP contribution in [-0.4, -0.2) is 39.3 Å². The topological polar surface area (TPSA) is 103 Å². The van der Waals surface area contributed by atoms with Gasteiger partial charge in [-0.2, -0.15) is 0 Å². The molecule has 1 fully saturated rings. The van der Waals surface area contributed by atoms with Crippen LogP contribution in [0.3, 0.4) is 0 Å². The lowest BCUT2D eigenvalue weighted by molar-refractivity contribution is 0.0423. The number of nitrogens with zero attached hydrogens (tertiary/aromatic N) is 1. The maximum atomic E-state index is 12.2. The Morgan fingerprint density at radius 3 is 2.48 bits per heavy atom. The third kappa shape index (κ3) is 4.13. The summed E-state index contributed by atoms with van der Waals surface area (Å²) in [6.45, 7) is 2.13. The first-order valence-electron chi connectivity index (χ1n) is 8.43. The van der Waals surface area contributed by atoms with Crippen LogP contribution in [-0.2, 0) is 26.1 Å². The maximum Gasteiger partial charge on any atom is 0.341 e. The van der Waals surface area contributed by atoms with Crippen molar-refractivity contribution in [3.63, 3.8) is 0 Å². The maximum absolute atomic E-state index is 12.2. The van der Waals surface area contributed by atoms with Crippen molar-refractivity contribution in [1.82, 2.24) is 0 Å². The quantitative estimate of drug-likeness (QED) is 0.694. The van der Waals surface area contributed by atoms with Crippen molar-refractivity contribution < 1.29 is 31.9 Å². The van der Waals surface area contributed by atoms with Gasteiger partial charge >= 0.3 is 11.9 Å². The third-order valence-electron chi connectivity index (χ3n) is 4.07. The number of hydrogen-bond acceptors (Lipinski definition) is 7. The molecule has 0 N–H and O–H groups in total. The Morgan fingerprint density at radius 1 is 1.11 bits per heavy atom. The van der Waals surface area contributed by atoms with Crippen molar-refractivity contribution in [2.24, 2.45) is 0 Å². The van der Waals surface area contributed by atoms with Gasteiger partial charge in [0.1, 0.15) is 5.56 Å². The van der Waals surface area contributed by atoms with Crippen molar-refractivity contribution in [2.75, 3.05) is 23.2 Å². The van der Waals surface area contributed by atoms with Gasteiger partial charge in [-0.25, -0.2) is 18.0 Å². The Hall–Kier alpha value is -2.81. The number of rotatable bonds is 6. The first-order valence-corrected chi connectivity index (χ1v) is 10.0. The van der Waals surface area contributed by atoms with Gasteiger partial charge < -0.3 is 13.9 Å². The minimum atomic E-state index is -3.27. The van der Waals surface area contributed by atoms with Crippen LogP contribution >= 0.6 is 0 Å².